The average Bonchev–Trinajstić information content (AvgIpc) is 2.47. The molecular weight excluding hydrogens is 268 g/mol. The van der Waals surface area contributed by atoms with Gasteiger partial charge in [0.25, 0.3) is 0 Å². The van der Waals surface area contributed by atoms with Crippen LogP contribution in [0.5, 0.6) is 17.2 Å². The van der Waals surface area contributed by atoms with Crippen molar-refractivity contribution in [3.8, 4) is 17.2 Å². The van der Waals surface area contributed by atoms with Crippen LogP contribution in [-0.4, -0.2) is 18.1 Å². The quantitative estimate of drug-likeness (QED) is 0.582. The first-order valence-electron chi connectivity index (χ1n) is 6.46. The van der Waals surface area contributed by atoms with Gasteiger partial charge in [-0.1, -0.05) is 12.1 Å². The fraction of sp³-hybridized carbons (Fsp3) is 0.188. The van der Waals surface area contributed by atoms with Crippen LogP contribution in [0.25, 0.3) is 0 Å². The normalized spacial score (nSPS) is 10.2. The molecule has 0 amide bonds. The highest BCUT2D eigenvalue weighted by Crippen LogP contribution is 2.34. The number of aliphatic hydroxyl groups is 1. The molecule has 0 aliphatic heterocycles. The van der Waals surface area contributed by atoms with Gasteiger partial charge in [-0.05, 0) is 42.3 Å². The Labute approximate surface area is 123 Å². The van der Waals surface area contributed by atoms with Crippen molar-refractivity contribution in [3.63, 3.8) is 0 Å². The van der Waals surface area contributed by atoms with E-state index in [1.807, 2.05) is 19.1 Å². The van der Waals surface area contributed by atoms with E-state index in [4.69, 9.17) is 25.7 Å². The molecule has 5 heteroatoms. The lowest BCUT2D eigenvalue weighted by molar-refractivity contribution is 0.280. The van der Waals surface area contributed by atoms with E-state index in [2.05, 4.69) is 0 Å². The van der Waals surface area contributed by atoms with Crippen LogP contribution in [-0.2, 0) is 6.61 Å². The van der Waals surface area contributed by atoms with Gasteiger partial charge in [-0.25, -0.2) is 0 Å². The Kier molecular flexibility index (Phi) is 4.45. The minimum Gasteiger partial charge on any atom is -0.493 e. The predicted octanol–water partition coefficient (Wildman–Crippen LogP) is 2.57. The van der Waals surface area contributed by atoms with E-state index in [1.54, 1.807) is 24.3 Å². The summed E-state index contributed by atoms with van der Waals surface area (Å²) in [6, 6.07) is 10.6. The molecule has 0 spiro atoms. The zero-order valence-electron chi connectivity index (χ0n) is 12.0. The zero-order valence-corrected chi connectivity index (χ0v) is 12.0. The van der Waals surface area contributed by atoms with Crippen molar-refractivity contribution in [3.05, 3.63) is 53.1 Å². The van der Waals surface area contributed by atoms with Gasteiger partial charge in [0.1, 0.15) is 11.6 Å². The zero-order chi connectivity index (χ0) is 15.4. The third kappa shape index (κ3) is 3.32. The van der Waals surface area contributed by atoms with Crippen molar-refractivity contribution in [2.45, 2.75) is 13.5 Å². The molecule has 5 nitrogen and oxygen atoms in total. The number of rotatable bonds is 5. The molecule has 0 saturated carbocycles. The molecule has 0 unspecified atom stereocenters. The van der Waals surface area contributed by atoms with Crippen LogP contribution in [0.4, 0.5) is 0 Å². The van der Waals surface area contributed by atoms with Gasteiger partial charge in [0.05, 0.1) is 19.3 Å². The number of hydrogen-bond acceptors (Lipinski definition) is 4. The Bertz CT molecular complexity index is 669. The maximum Gasteiger partial charge on any atom is 0.169 e. The number of aryl methyl sites for hydroxylation is 1. The number of nitrogen functional groups attached to an aromatic ring is 1. The molecule has 0 bridgehead atoms. The van der Waals surface area contributed by atoms with E-state index in [0.717, 1.165) is 11.1 Å². The summed E-state index contributed by atoms with van der Waals surface area (Å²) in [5.41, 5.74) is 7.83. The number of benzene rings is 2. The molecule has 2 aromatic rings. The van der Waals surface area contributed by atoms with Crippen molar-refractivity contribution in [2.75, 3.05) is 7.11 Å². The summed E-state index contributed by atoms with van der Waals surface area (Å²) in [5.74, 6) is 1.45. The van der Waals surface area contributed by atoms with Gasteiger partial charge >= 0.3 is 0 Å². The SMILES string of the molecule is COc1cc(CO)ccc1Oc1cc(C)ccc1C(=N)N. The number of amidine groups is 1. The molecule has 0 radical (unpaired) electrons. The second-order valence-corrected chi connectivity index (χ2v) is 4.66. The van der Waals surface area contributed by atoms with Crippen LogP contribution in [0.15, 0.2) is 36.4 Å². The van der Waals surface area contributed by atoms with Crippen LogP contribution < -0.4 is 15.2 Å². The summed E-state index contributed by atoms with van der Waals surface area (Å²) in [4.78, 5) is 0. The number of nitrogens with one attached hydrogen (secondary N) is 1. The van der Waals surface area contributed by atoms with Crippen molar-refractivity contribution >= 4 is 5.84 Å². The summed E-state index contributed by atoms with van der Waals surface area (Å²) in [6.45, 7) is 1.86. The number of methoxy groups -OCH3 is 1. The molecule has 0 aliphatic rings. The molecule has 0 aliphatic carbocycles. The summed E-state index contributed by atoms with van der Waals surface area (Å²) in [6.07, 6.45) is 0. The third-order valence-electron chi connectivity index (χ3n) is 3.06. The van der Waals surface area contributed by atoms with Crippen LogP contribution in [0.3, 0.4) is 0 Å². The van der Waals surface area contributed by atoms with E-state index in [1.165, 1.54) is 7.11 Å². The maximum atomic E-state index is 9.15. The number of nitrogens with two attached hydrogens (primary N) is 1. The second kappa shape index (κ2) is 6.28. The molecular formula is C16H18N2O3. The first-order chi connectivity index (χ1) is 10.0. The summed E-state index contributed by atoms with van der Waals surface area (Å²) < 4.78 is 11.1. The van der Waals surface area contributed by atoms with Gasteiger partial charge in [0.2, 0.25) is 0 Å². The van der Waals surface area contributed by atoms with E-state index in [-0.39, 0.29) is 12.4 Å². The lowest BCUT2D eigenvalue weighted by Crippen LogP contribution is -2.12. The topological polar surface area (TPSA) is 88.6 Å². The van der Waals surface area contributed by atoms with Gasteiger partial charge in [-0.15, -0.1) is 0 Å². The first kappa shape index (κ1) is 14.9. The van der Waals surface area contributed by atoms with Crippen LogP contribution in [0.1, 0.15) is 16.7 Å². The largest absolute Gasteiger partial charge is 0.493 e. The molecule has 0 fully saturated rings. The van der Waals surface area contributed by atoms with E-state index in [0.29, 0.717) is 22.8 Å². The van der Waals surface area contributed by atoms with Crippen molar-refractivity contribution in [1.29, 1.82) is 5.41 Å². The van der Waals surface area contributed by atoms with Crippen LogP contribution in [0.2, 0.25) is 0 Å². The standard InChI is InChI=1S/C16H18N2O3/c1-10-3-5-12(16(17)18)14(7-10)21-13-6-4-11(9-19)8-15(13)20-2/h3-8,19H,9H2,1-2H3,(H3,17,18). The van der Waals surface area contributed by atoms with E-state index in [9.17, 15) is 0 Å². The van der Waals surface area contributed by atoms with Crippen molar-refractivity contribution in [2.24, 2.45) is 5.73 Å². The predicted molar refractivity (Wildman–Crippen MR) is 81.2 cm³/mol. The van der Waals surface area contributed by atoms with Gasteiger partial charge in [0, 0.05) is 0 Å². The average molecular weight is 286 g/mol. The molecule has 4 N–H and O–H groups in total. The third-order valence-corrected chi connectivity index (χ3v) is 3.06. The first-order valence-corrected chi connectivity index (χ1v) is 6.46. The fourth-order valence-electron chi connectivity index (χ4n) is 1.95. The van der Waals surface area contributed by atoms with Gasteiger partial charge in [-0.2, -0.15) is 0 Å². The Balaban J connectivity index is 2.42. The highest BCUT2D eigenvalue weighted by molar-refractivity contribution is 5.97. The molecule has 0 atom stereocenters. The minimum atomic E-state index is -0.0697. The fourth-order valence-corrected chi connectivity index (χ4v) is 1.95. The van der Waals surface area contributed by atoms with Crippen molar-refractivity contribution < 1.29 is 14.6 Å². The molecule has 0 aromatic heterocycles. The molecule has 110 valence electrons. The Morgan fingerprint density at radius 3 is 2.52 bits per heavy atom. The van der Waals surface area contributed by atoms with Gasteiger partial charge in [-0.3, -0.25) is 5.41 Å². The van der Waals surface area contributed by atoms with E-state index < -0.39 is 0 Å². The summed E-state index contributed by atoms with van der Waals surface area (Å²) in [7, 11) is 1.53. The Hall–Kier alpha value is -2.53. The molecule has 21 heavy (non-hydrogen) atoms. The Morgan fingerprint density at radius 2 is 1.90 bits per heavy atom. The maximum absolute atomic E-state index is 9.15. The van der Waals surface area contributed by atoms with Crippen molar-refractivity contribution in [1.82, 2.24) is 0 Å². The number of ether oxygens (including phenoxy) is 2. The van der Waals surface area contributed by atoms with Gasteiger partial charge in [0.15, 0.2) is 11.5 Å². The number of aliphatic hydroxyl groups excluding tert-OH is 1. The summed E-state index contributed by atoms with van der Waals surface area (Å²) in [5, 5.41) is 16.8. The lowest BCUT2D eigenvalue weighted by atomic mass is 10.1. The van der Waals surface area contributed by atoms with Crippen LogP contribution in [0, 0.1) is 12.3 Å². The minimum absolute atomic E-state index is 0.0593. The lowest BCUT2D eigenvalue weighted by Gasteiger charge is -2.14. The smallest absolute Gasteiger partial charge is 0.169 e. The Morgan fingerprint density at radius 1 is 1.14 bits per heavy atom. The highest BCUT2D eigenvalue weighted by Gasteiger charge is 2.12. The number of hydrogen-bond donors (Lipinski definition) is 3. The molecule has 0 heterocycles. The molecule has 0 saturated heterocycles. The molecule has 2 rings (SSSR count). The van der Waals surface area contributed by atoms with E-state index >= 15 is 0 Å². The monoisotopic (exact) mass is 286 g/mol. The second-order valence-electron chi connectivity index (χ2n) is 4.66. The summed E-state index contributed by atoms with van der Waals surface area (Å²) >= 11 is 0. The molecule has 2 aromatic carbocycles. The van der Waals surface area contributed by atoms with Gasteiger partial charge < -0.3 is 20.3 Å². The van der Waals surface area contributed by atoms with Crippen LogP contribution >= 0.6 is 0 Å². The highest BCUT2D eigenvalue weighted by atomic mass is 16.5.